The summed E-state index contributed by atoms with van der Waals surface area (Å²) in [6, 6.07) is 13.4. The molecule has 6 heterocycles. The molecule has 10 heteroatoms. The third kappa shape index (κ3) is 3.92. The molecule has 6 aromatic rings. The van der Waals surface area contributed by atoms with Crippen molar-refractivity contribution < 1.29 is 4.79 Å². The van der Waals surface area contributed by atoms with E-state index in [1.165, 1.54) is 0 Å². The van der Waals surface area contributed by atoms with Crippen molar-refractivity contribution in [2.24, 2.45) is 0 Å². The van der Waals surface area contributed by atoms with Crippen molar-refractivity contribution in [3.8, 4) is 5.82 Å². The number of pyridine rings is 3. The first-order valence-corrected chi connectivity index (χ1v) is 12.2. The maximum atomic E-state index is 13.6. The first-order chi connectivity index (χ1) is 18.1. The van der Waals surface area contributed by atoms with Crippen LogP contribution in [0, 0.1) is 6.92 Å². The fourth-order valence-electron chi connectivity index (χ4n) is 4.66. The minimum atomic E-state index is -0.217. The van der Waals surface area contributed by atoms with Crippen LogP contribution < -0.4 is 5.32 Å². The number of carbonyl (C=O) groups is 1. The van der Waals surface area contributed by atoms with Crippen LogP contribution in [0.2, 0.25) is 0 Å². The molecule has 37 heavy (non-hydrogen) atoms. The van der Waals surface area contributed by atoms with Gasteiger partial charge < -0.3 is 9.72 Å². The number of nitrogens with one attached hydrogen (secondary N) is 1. The molecule has 7 rings (SSSR count). The lowest BCUT2D eigenvalue weighted by Gasteiger charge is -2.08. The zero-order valence-electron chi connectivity index (χ0n) is 20.1. The Kier molecular flexibility index (Phi) is 4.85. The Morgan fingerprint density at radius 3 is 2.81 bits per heavy atom. The molecule has 0 saturated heterocycles. The Hall–Kier alpha value is -4.86. The van der Waals surface area contributed by atoms with Crippen LogP contribution in [0.15, 0.2) is 73.4 Å². The van der Waals surface area contributed by atoms with Crippen LogP contribution in [0.1, 0.15) is 46.2 Å². The number of anilines is 1. The van der Waals surface area contributed by atoms with Crippen LogP contribution >= 0.6 is 0 Å². The van der Waals surface area contributed by atoms with Gasteiger partial charge in [0.15, 0.2) is 11.5 Å². The van der Waals surface area contributed by atoms with E-state index < -0.39 is 0 Å². The fraction of sp³-hybridized carbons (Fsp3) is 0.185. The second-order valence-corrected chi connectivity index (χ2v) is 9.33. The SMILES string of the molecule is Cc1nn(-c2ccccn2)c2nc(C3CC3)cc(C(=O)Nc3cnn(Cc4cn5ccccc5n4)c3)c12. The smallest absolute Gasteiger partial charge is 0.256 e. The summed E-state index contributed by atoms with van der Waals surface area (Å²) in [7, 11) is 0. The summed E-state index contributed by atoms with van der Waals surface area (Å²) in [4.78, 5) is 27.5. The number of hydrogen-bond donors (Lipinski definition) is 1. The van der Waals surface area contributed by atoms with Gasteiger partial charge in [-0.15, -0.1) is 0 Å². The number of aromatic nitrogens is 8. The van der Waals surface area contributed by atoms with E-state index >= 15 is 0 Å². The van der Waals surface area contributed by atoms with E-state index in [9.17, 15) is 4.79 Å². The Labute approximate surface area is 211 Å². The quantitative estimate of drug-likeness (QED) is 0.377. The maximum absolute atomic E-state index is 13.6. The molecule has 0 radical (unpaired) electrons. The number of fused-ring (bicyclic) bond motifs is 2. The zero-order chi connectivity index (χ0) is 24.9. The molecule has 1 N–H and O–H groups in total. The molecule has 0 bridgehead atoms. The summed E-state index contributed by atoms with van der Waals surface area (Å²) >= 11 is 0. The monoisotopic (exact) mass is 489 g/mol. The van der Waals surface area contributed by atoms with Gasteiger partial charge in [-0.2, -0.15) is 14.9 Å². The average molecular weight is 490 g/mol. The van der Waals surface area contributed by atoms with E-state index in [4.69, 9.17) is 4.98 Å². The van der Waals surface area contributed by atoms with Crippen LogP contribution in [-0.2, 0) is 6.54 Å². The third-order valence-electron chi connectivity index (χ3n) is 6.57. The van der Waals surface area contributed by atoms with Crippen LogP contribution in [-0.4, -0.2) is 44.8 Å². The maximum Gasteiger partial charge on any atom is 0.256 e. The van der Waals surface area contributed by atoms with Gasteiger partial charge in [-0.05, 0) is 50.1 Å². The average Bonchev–Trinajstić information content (AvgIpc) is 3.41. The summed E-state index contributed by atoms with van der Waals surface area (Å²) in [5, 5.41) is 12.9. The molecule has 0 aromatic carbocycles. The van der Waals surface area contributed by atoms with E-state index in [0.717, 1.165) is 41.0 Å². The molecule has 1 amide bonds. The Balaban J connectivity index is 1.20. The number of amides is 1. The van der Waals surface area contributed by atoms with Gasteiger partial charge in [0.25, 0.3) is 5.91 Å². The molecule has 182 valence electrons. The van der Waals surface area contributed by atoms with Gasteiger partial charge in [-0.1, -0.05) is 12.1 Å². The lowest BCUT2D eigenvalue weighted by Crippen LogP contribution is -2.13. The van der Waals surface area contributed by atoms with Crippen molar-refractivity contribution in [3.63, 3.8) is 0 Å². The van der Waals surface area contributed by atoms with E-state index in [1.807, 2.05) is 72.4 Å². The normalized spacial score (nSPS) is 13.4. The Morgan fingerprint density at radius 1 is 1.11 bits per heavy atom. The molecule has 10 nitrogen and oxygen atoms in total. The van der Waals surface area contributed by atoms with Crippen molar-refractivity contribution in [1.82, 2.24) is 38.9 Å². The zero-order valence-corrected chi connectivity index (χ0v) is 20.1. The topological polar surface area (TPSA) is 108 Å². The first kappa shape index (κ1) is 21.4. The first-order valence-electron chi connectivity index (χ1n) is 12.2. The largest absolute Gasteiger partial charge is 0.319 e. The van der Waals surface area contributed by atoms with Crippen LogP contribution in [0.4, 0.5) is 5.69 Å². The summed E-state index contributed by atoms with van der Waals surface area (Å²) in [5.74, 6) is 0.822. The summed E-state index contributed by atoms with van der Waals surface area (Å²) in [5.41, 5.74) is 5.22. The van der Waals surface area contributed by atoms with Gasteiger partial charge in [0.1, 0.15) is 5.65 Å². The lowest BCUT2D eigenvalue weighted by molar-refractivity contribution is 0.102. The van der Waals surface area contributed by atoms with Crippen molar-refractivity contribution in [3.05, 3.63) is 96.1 Å². The molecule has 1 aliphatic rings. The lowest BCUT2D eigenvalue weighted by atomic mass is 10.1. The summed E-state index contributed by atoms with van der Waals surface area (Å²) < 4.78 is 5.46. The molecule has 1 aliphatic carbocycles. The summed E-state index contributed by atoms with van der Waals surface area (Å²) in [6.07, 6.45) is 11.3. The molecule has 6 aromatic heterocycles. The van der Waals surface area contributed by atoms with E-state index in [2.05, 4.69) is 25.5 Å². The number of nitrogens with zero attached hydrogens (tertiary/aromatic N) is 8. The Bertz CT molecular complexity index is 1740. The second-order valence-electron chi connectivity index (χ2n) is 9.33. The summed E-state index contributed by atoms with van der Waals surface area (Å²) in [6.45, 7) is 2.39. The standard InChI is InChI=1S/C27H23N9O/c1-17-25-21(12-22(18-8-9-18)32-26(25)36(33-17)23-6-2-4-10-28-23)27(37)31-19-13-29-35(15-19)16-20-14-34-11-5-3-7-24(34)30-20/h2-7,10-15,18H,8-9,16H2,1H3,(H,31,37). The number of carbonyl (C=O) groups excluding carboxylic acids is 1. The highest BCUT2D eigenvalue weighted by atomic mass is 16.1. The number of aryl methyl sites for hydroxylation is 1. The van der Waals surface area contributed by atoms with Gasteiger partial charge in [-0.25, -0.2) is 15.0 Å². The van der Waals surface area contributed by atoms with Gasteiger partial charge in [0.2, 0.25) is 0 Å². The highest BCUT2D eigenvalue weighted by Gasteiger charge is 2.29. The van der Waals surface area contributed by atoms with Gasteiger partial charge in [-0.3, -0.25) is 9.48 Å². The van der Waals surface area contributed by atoms with Gasteiger partial charge in [0.05, 0.1) is 40.8 Å². The Morgan fingerprint density at radius 2 is 2.00 bits per heavy atom. The molecule has 0 aliphatic heterocycles. The minimum Gasteiger partial charge on any atom is -0.319 e. The highest BCUT2D eigenvalue weighted by Crippen LogP contribution is 2.40. The minimum absolute atomic E-state index is 0.217. The molecule has 0 spiro atoms. The van der Waals surface area contributed by atoms with E-state index in [-0.39, 0.29) is 5.91 Å². The van der Waals surface area contributed by atoms with Crippen LogP contribution in [0.25, 0.3) is 22.5 Å². The molecule has 0 unspecified atom stereocenters. The molecular formula is C27H23N9O. The number of rotatable bonds is 6. The van der Waals surface area contributed by atoms with Gasteiger partial charge >= 0.3 is 0 Å². The molecule has 1 fully saturated rings. The molecule has 0 atom stereocenters. The predicted molar refractivity (Wildman–Crippen MR) is 138 cm³/mol. The van der Waals surface area contributed by atoms with Crippen molar-refractivity contribution >= 4 is 28.3 Å². The third-order valence-corrected chi connectivity index (χ3v) is 6.57. The number of imidazole rings is 1. The van der Waals surface area contributed by atoms with Gasteiger partial charge in [0, 0.05) is 36.4 Å². The van der Waals surface area contributed by atoms with Crippen LogP contribution in [0.5, 0.6) is 0 Å². The van der Waals surface area contributed by atoms with E-state index in [1.54, 1.807) is 21.8 Å². The van der Waals surface area contributed by atoms with Crippen molar-refractivity contribution in [2.45, 2.75) is 32.2 Å². The van der Waals surface area contributed by atoms with Crippen molar-refractivity contribution in [1.29, 1.82) is 0 Å². The fourth-order valence-corrected chi connectivity index (χ4v) is 4.66. The molecule has 1 saturated carbocycles. The van der Waals surface area contributed by atoms with E-state index in [0.29, 0.717) is 35.2 Å². The predicted octanol–water partition coefficient (Wildman–Crippen LogP) is 4.15. The number of hydrogen-bond acceptors (Lipinski definition) is 6. The highest BCUT2D eigenvalue weighted by molar-refractivity contribution is 6.12. The molecular weight excluding hydrogens is 466 g/mol. The second kappa shape index (κ2) is 8.37. The van der Waals surface area contributed by atoms with Crippen LogP contribution in [0.3, 0.4) is 0 Å². The van der Waals surface area contributed by atoms with Crippen molar-refractivity contribution in [2.75, 3.05) is 5.32 Å².